The van der Waals surface area contributed by atoms with Gasteiger partial charge in [-0.2, -0.15) is 4.31 Å². The summed E-state index contributed by atoms with van der Waals surface area (Å²) >= 11 is 0. The molecule has 11 nitrogen and oxygen atoms in total. The number of ether oxygens (including phenoxy) is 2. The van der Waals surface area contributed by atoms with Crippen LogP contribution in [0.3, 0.4) is 0 Å². The average molecular weight is 517 g/mol. The smallest absolute Gasteiger partial charge is 0.277 e. The lowest BCUT2D eigenvalue weighted by Gasteiger charge is -2.39. The van der Waals surface area contributed by atoms with Gasteiger partial charge in [-0.15, -0.1) is 5.10 Å². The molecule has 4 heterocycles. The molecule has 3 aromatic rings. The summed E-state index contributed by atoms with van der Waals surface area (Å²) in [6, 6.07) is 4.69. The predicted octanol–water partition coefficient (Wildman–Crippen LogP) is 1.50. The minimum atomic E-state index is -3.82. The molecule has 1 unspecified atom stereocenters. The van der Waals surface area contributed by atoms with Gasteiger partial charge in [-0.1, -0.05) is 6.92 Å². The van der Waals surface area contributed by atoms with Gasteiger partial charge in [0.15, 0.2) is 11.3 Å². The number of nitrogens with one attached hydrogen (secondary N) is 2. The number of fused-ring (bicyclic) bond motifs is 1. The zero-order valence-corrected chi connectivity index (χ0v) is 21.7. The fraction of sp³-hybridized carbons (Fsp3) is 0.542. The number of sulfonamides is 1. The van der Waals surface area contributed by atoms with Crippen molar-refractivity contribution in [2.75, 3.05) is 39.4 Å². The summed E-state index contributed by atoms with van der Waals surface area (Å²) in [6.45, 7) is 8.37. The van der Waals surface area contributed by atoms with E-state index in [2.05, 4.69) is 20.4 Å². The SMILES string of the molecule is CCCc1nc(C)c2c(=O)[nH]c(-c3cc(S(=O)(=O)N4CCOC5(CCNC5)C4)ccc3OCC)nn12. The van der Waals surface area contributed by atoms with E-state index in [1.807, 2.05) is 13.8 Å². The Bertz CT molecular complexity index is 1440. The van der Waals surface area contributed by atoms with Gasteiger partial charge in [0.1, 0.15) is 11.6 Å². The van der Waals surface area contributed by atoms with Gasteiger partial charge in [0, 0.05) is 26.1 Å². The molecule has 2 aliphatic rings. The summed E-state index contributed by atoms with van der Waals surface area (Å²) in [6.07, 6.45) is 2.27. The lowest BCUT2D eigenvalue weighted by molar-refractivity contribution is -0.0753. The largest absolute Gasteiger partial charge is 0.493 e. The number of H-pyrrole nitrogens is 1. The summed E-state index contributed by atoms with van der Waals surface area (Å²) < 4.78 is 42.2. The Balaban J connectivity index is 1.60. The Morgan fingerprint density at radius 1 is 1.28 bits per heavy atom. The highest BCUT2D eigenvalue weighted by atomic mass is 32.2. The van der Waals surface area contributed by atoms with Crippen LogP contribution in [0.4, 0.5) is 0 Å². The van der Waals surface area contributed by atoms with Crippen molar-refractivity contribution in [1.82, 2.24) is 29.2 Å². The number of aryl methyl sites for hydroxylation is 2. The lowest BCUT2D eigenvalue weighted by Crippen LogP contribution is -2.54. The molecule has 5 rings (SSSR count). The van der Waals surface area contributed by atoms with Crippen LogP contribution in [0.15, 0.2) is 27.9 Å². The first kappa shape index (κ1) is 24.9. The maximum Gasteiger partial charge on any atom is 0.277 e. The molecular formula is C24H32N6O5S. The molecule has 1 spiro atoms. The number of aromatic amines is 1. The fourth-order valence-electron chi connectivity index (χ4n) is 5.02. The Hall–Kier alpha value is -2.80. The first-order valence-electron chi connectivity index (χ1n) is 12.4. The molecule has 0 amide bonds. The summed E-state index contributed by atoms with van der Waals surface area (Å²) in [5.74, 6) is 1.34. The number of morpholine rings is 1. The second kappa shape index (κ2) is 9.58. The van der Waals surface area contributed by atoms with Crippen LogP contribution in [-0.2, 0) is 21.2 Å². The molecule has 0 aliphatic carbocycles. The zero-order valence-electron chi connectivity index (χ0n) is 20.8. The van der Waals surface area contributed by atoms with Crippen LogP contribution in [0.1, 0.15) is 38.2 Å². The van der Waals surface area contributed by atoms with E-state index in [0.717, 1.165) is 19.4 Å². The van der Waals surface area contributed by atoms with Crippen LogP contribution in [0.5, 0.6) is 5.75 Å². The first-order valence-corrected chi connectivity index (χ1v) is 13.8. The normalized spacial score (nSPS) is 21.0. The molecule has 1 atom stereocenters. The predicted molar refractivity (Wildman–Crippen MR) is 134 cm³/mol. The molecular weight excluding hydrogens is 484 g/mol. The third kappa shape index (κ3) is 4.32. The molecule has 0 saturated carbocycles. The Kier molecular flexibility index (Phi) is 6.62. The van der Waals surface area contributed by atoms with Crippen LogP contribution in [0, 0.1) is 6.92 Å². The maximum absolute atomic E-state index is 13.7. The van der Waals surface area contributed by atoms with Crippen LogP contribution >= 0.6 is 0 Å². The van der Waals surface area contributed by atoms with Gasteiger partial charge in [0.25, 0.3) is 5.56 Å². The third-order valence-corrected chi connectivity index (χ3v) is 8.62. The van der Waals surface area contributed by atoms with Crippen molar-refractivity contribution in [2.24, 2.45) is 0 Å². The van der Waals surface area contributed by atoms with Crippen molar-refractivity contribution < 1.29 is 17.9 Å². The monoisotopic (exact) mass is 516 g/mol. The molecule has 0 bridgehead atoms. The topological polar surface area (TPSA) is 131 Å². The van der Waals surface area contributed by atoms with Crippen molar-refractivity contribution in [2.45, 2.75) is 50.5 Å². The summed E-state index contributed by atoms with van der Waals surface area (Å²) in [5.41, 5.74) is 0.547. The summed E-state index contributed by atoms with van der Waals surface area (Å²) in [5, 5.41) is 7.93. The number of benzene rings is 1. The van der Waals surface area contributed by atoms with E-state index in [9.17, 15) is 13.2 Å². The van der Waals surface area contributed by atoms with Crippen LogP contribution in [0.2, 0.25) is 0 Å². The van der Waals surface area contributed by atoms with Gasteiger partial charge < -0.3 is 19.8 Å². The minimum Gasteiger partial charge on any atom is -0.493 e. The highest BCUT2D eigenvalue weighted by Crippen LogP contribution is 2.33. The molecule has 194 valence electrons. The van der Waals surface area contributed by atoms with Crippen molar-refractivity contribution in [3.8, 4) is 17.1 Å². The quantitative estimate of drug-likeness (QED) is 0.483. The number of imidazole rings is 1. The number of hydrogen-bond donors (Lipinski definition) is 2. The van der Waals surface area contributed by atoms with Crippen molar-refractivity contribution >= 4 is 15.5 Å². The Labute approximate surface area is 209 Å². The average Bonchev–Trinajstić information content (AvgIpc) is 3.43. The summed E-state index contributed by atoms with van der Waals surface area (Å²) in [4.78, 5) is 20.5. The van der Waals surface area contributed by atoms with Crippen LogP contribution < -0.4 is 15.6 Å². The van der Waals surface area contributed by atoms with E-state index in [-0.39, 0.29) is 22.8 Å². The summed E-state index contributed by atoms with van der Waals surface area (Å²) in [7, 11) is -3.82. The number of hydrogen-bond acceptors (Lipinski definition) is 8. The van der Waals surface area contributed by atoms with Gasteiger partial charge in [-0.3, -0.25) is 4.79 Å². The van der Waals surface area contributed by atoms with Gasteiger partial charge >= 0.3 is 0 Å². The van der Waals surface area contributed by atoms with Crippen molar-refractivity contribution in [3.63, 3.8) is 0 Å². The number of rotatable bonds is 7. The lowest BCUT2D eigenvalue weighted by atomic mass is 10.0. The molecule has 2 saturated heterocycles. The van der Waals surface area contributed by atoms with E-state index >= 15 is 0 Å². The van der Waals surface area contributed by atoms with Crippen LogP contribution in [0.25, 0.3) is 16.9 Å². The molecule has 2 fully saturated rings. The van der Waals surface area contributed by atoms with Gasteiger partial charge in [-0.25, -0.2) is 17.9 Å². The fourth-order valence-corrected chi connectivity index (χ4v) is 6.55. The zero-order chi connectivity index (χ0) is 25.5. The molecule has 0 radical (unpaired) electrons. The van der Waals surface area contributed by atoms with E-state index in [1.54, 1.807) is 23.6 Å². The van der Waals surface area contributed by atoms with Crippen LogP contribution in [-0.4, -0.2) is 77.3 Å². The molecule has 12 heteroatoms. The van der Waals surface area contributed by atoms with E-state index < -0.39 is 15.6 Å². The number of aromatic nitrogens is 4. The third-order valence-electron chi connectivity index (χ3n) is 6.78. The van der Waals surface area contributed by atoms with Crippen molar-refractivity contribution in [1.29, 1.82) is 0 Å². The highest BCUT2D eigenvalue weighted by Gasteiger charge is 2.43. The molecule has 36 heavy (non-hydrogen) atoms. The molecule has 2 aliphatic heterocycles. The van der Waals surface area contributed by atoms with E-state index in [0.29, 0.717) is 61.1 Å². The molecule has 2 aromatic heterocycles. The first-order chi connectivity index (χ1) is 17.3. The second-order valence-electron chi connectivity index (χ2n) is 9.31. The molecule has 1 aromatic carbocycles. The van der Waals surface area contributed by atoms with Gasteiger partial charge in [-0.05, 0) is 51.4 Å². The Morgan fingerprint density at radius 2 is 2.11 bits per heavy atom. The molecule has 2 N–H and O–H groups in total. The minimum absolute atomic E-state index is 0.113. The van der Waals surface area contributed by atoms with E-state index in [4.69, 9.17) is 9.47 Å². The highest BCUT2D eigenvalue weighted by molar-refractivity contribution is 7.89. The maximum atomic E-state index is 13.7. The van der Waals surface area contributed by atoms with E-state index in [1.165, 1.54) is 10.4 Å². The standard InChI is InChI=1S/C24H32N6O5S/c1-4-6-20-26-16(3)21-23(31)27-22(28-30(20)21)18-13-17(7-8-19(18)34-5-2)36(32,33)29-11-12-35-24(15-29)9-10-25-14-24/h7-8,13,25H,4-6,9-12,14-15H2,1-3H3,(H,27,28,31). The Morgan fingerprint density at radius 3 is 2.83 bits per heavy atom. The van der Waals surface area contributed by atoms with Gasteiger partial charge in [0.05, 0.1) is 35.0 Å². The van der Waals surface area contributed by atoms with Crippen molar-refractivity contribution in [3.05, 3.63) is 40.1 Å². The van der Waals surface area contributed by atoms with Gasteiger partial charge in [0.2, 0.25) is 10.0 Å². The number of nitrogens with zero attached hydrogens (tertiary/aromatic N) is 4. The second-order valence-corrected chi connectivity index (χ2v) is 11.3.